The van der Waals surface area contributed by atoms with Crippen molar-refractivity contribution in [3.63, 3.8) is 0 Å². The molecule has 1 rings (SSSR count). The van der Waals surface area contributed by atoms with E-state index in [1.54, 1.807) is 12.1 Å². The molecule has 0 heterocycles. The van der Waals surface area contributed by atoms with Crippen molar-refractivity contribution in [2.75, 3.05) is 16.8 Å². The molecule has 0 saturated carbocycles. The van der Waals surface area contributed by atoms with E-state index in [1.165, 1.54) is 12.1 Å². The van der Waals surface area contributed by atoms with Crippen molar-refractivity contribution in [3.05, 3.63) is 24.3 Å². The van der Waals surface area contributed by atoms with Gasteiger partial charge in [-0.25, -0.2) is 13.6 Å². The number of hydrogen-bond donors (Lipinski definition) is 2. The first kappa shape index (κ1) is 15.3. The molecule has 0 aliphatic rings. The number of sulfonamides is 1. The lowest BCUT2D eigenvalue weighted by Gasteiger charge is -2.15. The van der Waals surface area contributed by atoms with Gasteiger partial charge in [-0.1, -0.05) is 6.92 Å². The average molecular weight is 288 g/mol. The summed E-state index contributed by atoms with van der Waals surface area (Å²) in [5, 5.41) is 8.37. The number of nitrogens with two attached hydrogens (primary N) is 1. The Hall–Kier alpha value is -0.720. The van der Waals surface area contributed by atoms with Crippen molar-refractivity contribution < 1.29 is 8.42 Å². The lowest BCUT2D eigenvalue weighted by molar-refractivity contribution is 0.598. The Morgan fingerprint density at radius 2 is 1.94 bits per heavy atom. The minimum Gasteiger partial charge on any atom is -0.383 e. The average Bonchev–Trinajstić information content (AvgIpc) is 2.29. The minimum absolute atomic E-state index is 0.141. The van der Waals surface area contributed by atoms with Crippen LogP contribution < -0.4 is 10.5 Å². The van der Waals surface area contributed by atoms with Crippen molar-refractivity contribution in [1.82, 2.24) is 0 Å². The predicted octanol–water partition coefficient (Wildman–Crippen LogP) is 2.28. The highest BCUT2D eigenvalue weighted by Crippen LogP contribution is 2.15. The van der Waals surface area contributed by atoms with Crippen molar-refractivity contribution in [2.24, 2.45) is 5.14 Å². The number of anilines is 1. The second kappa shape index (κ2) is 7.01. The van der Waals surface area contributed by atoms with Gasteiger partial charge in [0.25, 0.3) is 0 Å². The summed E-state index contributed by atoms with van der Waals surface area (Å²) in [5.74, 6) is 2.26. The zero-order valence-corrected chi connectivity index (χ0v) is 12.4. The molecule has 0 aliphatic heterocycles. The fraction of sp³-hybridized carbons (Fsp3) is 0.500. The molecular weight excluding hydrogens is 268 g/mol. The standard InChI is InChI=1S/C12H20N2O2S2/c1-3-17-9-8-10(2)14-11-4-6-12(7-5-11)18(13,15)16/h4-7,10,14H,3,8-9H2,1-2H3,(H2,13,15,16). The van der Waals surface area contributed by atoms with Gasteiger partial charge in [-0.15, -0.1) is 0 Å². The van der Waals surface area contributed by atoms with Gasteiger partial charge in [-0.2, -0.15) is 11.8 Å². The molecule has 0 spiro atoms. The van der Waals surface area contributed by atoms with Gasteiger partial charge in [0, 0.05) is 11.7 Å². The van der Waals surface area contributed by atoms with Crippen molar-refractivity contribution in [1.29, 1.82) is 0 Å². The Bertz CT molecular complexity index is 457. The highest BCUT2D eigenvalue weighted by molar-refractivity contribution is 7.99. The van der Waals surface area contributed by atoms with Crippen LogP contribution in [0.15, 0.2) is 29.2 Å². The Kier molecular flexibility index (Phi) is 5.98. The molecule has 1 aromatic carbocycles. The van der Waals surface area contributed by atoms with E-state index in [0.717, 1.165) is 23.6 Å². The van der Waals surface area contributed by atoms with Crippen LogP contribution in [-0.2, 0) is 10.0 Å². The number of benzene rings is 1. The molecule has 4 nitrogen and oxygen atoms in total. The van der Waals surface area contributed by atoms with E-state index in [4.69, 9.17) is 5.14 Å². The van der Waals surface area contributed by atoms with Crippen molar-refractivity contribution >= 4 is 27.5 Å². The van der Waals surface area contributed by atoms with Crippen LogP contribution in [0, 0.1) is 0 Å². The number of nitrogens with one attached hydrogen (secondary N) is 1. The van der Waals surface area contributed by atoms with Crippen LogP contribution in [0.3, 0.4) is 0 Å². The molecule has 0 bridgehead atoms. The molecule has 102 valence electrons. The van der Waals surface area contributed by atoms with Crippen LogP contribution >= 0.6 is 11.8 Å². The number of rotatable bonds is 7. The summed E-state index contributed by atoms with van der Waals surface area (Å²) in [6.07, 6.45) is 1.08. The molecule has 1 atom stereocenters. The second-order valence-electron chi connectivity index (χ2n) is 4.10. The zero-order chi connectivity index (χ0) is 13.6. The van der Waals surface area contributed by atoms with Crippen LogP contribution in [0.2, 0.25) is 0 Å². The SMILES string of the molecule is CCSCCC(C)Nc1ccc(S(N)(=O)=O)cc1. The van der Waals surface area contributed by atoms with Gasteiger partial charge in [0.2, 0.25) is 10.0 Å². The van der Waals surface area contributed by atoms with Crippen LogP contribution in [0.5, 0.6) is 0 Å². The lowest BCUT2D eigenvalue weighted by atomic mass is 10.2. The smallest absolute Gasteiger partial charge is 0.238 e. The molecule has 1 unspecified atom stereocenters. The third-order valence-corrected chi connectivity index (χ3v) is 4.36. The Labute approximate surface area is 113 Å². The van der Waals surface area contributed by atoms with Crippen LogP contribution in [-0.4, -0.2) is 26.0 Å². The normalized spacial score (nSPS) is 13.3. The number of hydrogen-bond acceptors (Lipinski definition) is 4. The summed E-state index contributed by atoms with van der Waals surface area (Å²) in [4.78, 5) is 0.141. The third kappa shape index (κ3) is 5.29. The fourth-order valence-electron chi connectivity index (χ4n) is 1.50. The Balaban J connectivity index is 2.53. The summed E-state index contributed by atoms with van der Waals surface area (Å²) in [6, 6.07) is 6.88. The first-order chi connectivity index (χ1) is 8.43. The molecular formula is C12H20N2O2S2. The summed E-state index contributed by atoms with van der Waals surface area (Å²) in [6.45, 7) is 4.26. The van der Waals surface area contributed by atoms with Gasteiger partial charge in [0.1, 0.15) is 0 Å². The number of primary sulfonamides is 1. The molecule has 0 aliphatic carbocycles. The van der Waals surface area contributed by atoms with E-state index in [0.29, 0.717) is 6.04 Å². The van der Waals surface area contributed by atoms with E-state index in [2.05, 4.69) is 19.2 Å². The largest absolute Gasteiger partial charge is 0.383 e. The first-order valence-corrected chi connectivity index (χ1v) is 8.60. The molecule has 0 saturated heterocycles. The molecule has 6 heteroatoms. The third-order valence-electron chi connectivity index (χ3n) is 2.50. The van der Waals surface area contributed by atoms with Gasteiger partial charge >= 0.3 is 0 Å². The Morgan fingerprint density at radius 3 is 2.44 bits per heavy atom. The van der Waals surface area contributed by atoms with Gasteiger partial charge in [-0.3, -0.25) is 0 Å². The topological polar surface area (TPSA) is 72.2 Å². The molecule has 0 radical (unpaired) electrons. The maximum Gasteiger partial charge on any atom is 0.238 e. The molecule has 1 aromatic rings. The maximum absolute atomic E-state index is 11.1. The van der Waals surface area contributed by atoms with Gasteiger partial charge in [0.05, 0.1) is 4.90 Å². The summed E-state index contributed by atoms with van der Waals surface area (Å²) in [7, 11) is -3.60. The molecule has 3 N–H and O–H groups in total. The van der Waals surface area contributed by atoms with E-state index in [-0.39, 0.29) is 4.90 Å². The quantitative estimate of drug-likeness (QED) is 0.755. The monoisotopic (exact) mass is 288 g/mol. The minimum atomic E-state index is -3.60. The van der Waals surface area contributed by atoms with Crippen molar-refractivity contribution in [3.8, 4) is 0 Å². The van der Waals surface area contributed by atoms with Gasteiger partial charge in [0.15, 0.2) is 0 Å². The predicted molar refractivity (Wildman–Crippen MR) is 78.5 cm³/mol. The number of thioether (sulfide) groups is 1. The summed E-state index contributed by atoms with van der Waals surface area (Å²) < 4.78 is 22.2. The summed E-state index contributed by atoms with van der Waals surface area (Å²) in [5.41, 5.74) is 0.913. The van der Waals surface area contributed by atoms with E-state index in [9.17, 15) is 8.42 Å². The molecule has 0 fully saturated rings. The Morgan fingerprint density at radius 1 is 1.33 bits per heavy atom. The van der Waals surface area contributed by atoms with Crippen LogP contribution in [0.4, 0.5) is 5.69 Å². The zero-order valence-electron chi connectivity index (χ0n) is 10.7. The van der Waals surface area contributed by atoms with Gasteiger partial charge in [-0.05, 0) is 49.1 Å². The fourth-order valence-corrected chi connectivity index (χ4v) is 2.83. The molecule has 0 amide bonds. The second-order valence-corrected chi connectivity index (χ2v) is 7.06. The van der Waals surface area contributed by atoms with E-state index in [1.807, 2.05) is 11.8 Å². The van der Waals surface area contributed by atoms with Crippen LogP contribution in [0.1, 0.15) is 20.3 Å². The maximum atomic E-state index is 11.1. The molecule has 18 heavy (non-hydrogen) atoms. The lowest BCUT2D eigenvalue weighted by Crippen LogP contribution is -2.16. The summed E-state index contributed by atoms with van der Waals surface area (Å²) >= 11 is 1.92. The van der Waals surface area contributed by atoms with Crippen molar-refractivity contribution in [2.45, 2.75) is 31.2 Å². The molecule has 0 aromatic heterocycles. The highest BCUT2D eigenvalue weighted by atomic mass is 32.2. The van der Waals surface area contributed by atoms with Gasteiger partial charge < -0.3 is 5.32 Å². The highest BCUT2D eigenvalue weighted by Gasteiger charge is 2.07. The van der Waals surface area contributed by atoms with E-state index < -0.39 is 10.0 Å². The van der Waals surface area contributed by atoms with E-state index >= 15 is 0 Å². The van der Waals surface area contributed by atoms with Crippen LogP contribution in [0.25, 0.3) is 0 Å². The first-order valence-electron chi connectivity index (χ1n) is 5.90.